The molecule has 0 radical (unpaired) electrons. The molecular weight excluding hydrogens is 1060 g/mol. The first-order valence-electron chi connectivity index (χ1n) is 27.9. The summed E-state index contributed by atoms with van der Waals surface area (Å²) in [5.74, 6) is -1.90. The highest BCUT2D eigenvalue weighted by Gasteiger charge is 2.45. The van der Waals surface area contributed by atoms with Crippen molar-refractivity contribution in [1.82, 2.24) is 40.7 Å². The average molecular weight is 1130 g/mol. The molecular formula is C61H67F4N9O8. The van der Waals surface area contributed by atoms with Crippen molar-refractivity contribution in [1.29, 1.82) is 0 Å². The number of aliphatic hydroxyl groups excluding tert-OH is 2. The number of hydrogen-bond donors (Lipinski definition) is 6. The smallest absolute Gasteiger partial charge is 0.319 e. The molecule has 82 heavy (non-hydrogen) atoms. The Bertz CT molecular complexity index is 3380. The summed E-state index contributed by atoms with van der Waals surface area (Å²) >= 11 is 0. The fourth-order valence-electron chi connectivity index (χ4n) is 11.9. The number of anilines is 1. The summed E-state index contributed by atoms with van der Waals surface area (Å²) < 4.78 is 73.4. The van der Waals surface area contributed by atoms with E-state index in [1.165, 1.54) is 65.7 Å². The van der Waals surface area contributed by atoms with Crippen molar-refractivity contribution < 1.29 is 56.7 Å². The molecule has 4 saturated heterocycles. The quantitative estimate of drug-likeness (QED) is 0.0284. The Balaban J connectivity index is 0.735. The molecule has 0 saturated carbocycles. The molecule has 10 rings (SSSR count). The van der Waals surface area contributed by atoms with Crippen molar-refractivity contribution in [2.45, 2.75) is 108 Å². The molecule has 4 aliphatic rings. The van der Waals surface area contributed by atoms with E-state index in [-0.39, 0.29) is 101 Å². The van der Waals surface area contributed by atoms with Gasteiger partial charge >= 0.3 is 6.01 Å². The molecule has 4 fully saturated rings. The van der Waals surface area contributed by atoms with Crippen molar-refractivity contribution in [3.05, 3.63) is 107 Å². The lowest BCUT2D eigenvalue weighted by Crippen LogP contribution is -2.58. The van der Waals surface area contributed by atoms with Gasteiger partial charge < -0.3 is 50.5 Å². The monoisotopic (exact) mass is 1130 g/mol. The van der Waals surface area contributed by atoms with Gasteiger partial charge in [0.1, 0.15) is 58.9 Å². The molecule has 4 aliphatic heterocycles. The highest BCUT2D eigenvalue weighted by Crippen LogP contribution is 2.40. The third-order valence-corrected chi connectivity index (χ3v) is 16.1. The second kappa shape index (κ2) is 24.5. The Morgan fingerprint density at radius 3 is 2.38 bits per heavy atom. The van der Waals surface area contributed by atoms with Gasteiger partial charge in [-0.2, -0.15) is 9.97 Å². The number of terminal acetylenes is 1. The lowest BCUT2D eigenvalue weighted by molar-refractivity contribution is -0.144. The number of piperazine rings is 1. The van der Waals surface area contributed by atoms with E-state index < -0.39 is 77.2 Å². The molecule has 6 aromatic rings. The molecule has 2 aromatic heterocycles. The Kier molecular flexibility index (Phi) is 17.3. The van der Waals surface area contributed by atoms with Gasteiger partial charge in [-0.25, -0.2) is 17.6 Å². The van der Waals surface area contributed by atoms with Gasteiger partial charge in [0.05, 0.1) is 41.9 Å². The molecule has 6 N–H and O–H groups in total. The molecule has 4 aromatic carbocycles. The molecule has 432 valence electrons. The number of phenolic OH excluding ortho intramolecular Hbond substituents is 1. The number of benzene rings is 4. The fraction of sp³-hybridized carbons (Fsp3) is 0.443. The van der Waals surface area contributed by atoms with E-state index in [9.17, 15) is 38.5 Å². The average Bonchev–Trinajstić information content (AvgIpc) is 4.32. The zero-order valence-electron chi connectivity index (χ0n) is 45.9. The molecule has 21 heteroatoms. The zero-order valence-corrected chi connectivity index (χ0v) is 45.9. The maximum Gasteiger partial charge on any atom is 0.319 e. The van der Waals surface area contributed by atoms with Crippen LogP contribution in [0.15, 0.2) is 72.9 Å². The number of likely N-dealkylation sites (tertiary alicyclic amines) is 2. The van der Waals surface area contributed by atoms with Crippen LogP contribution in [0.25, 0.3) is 44.1 Å². The highest BCUT2D eigenvalue weighted by molar-refractivity contribution is 6.03. The molecule has 7 atom stereocenters. The second-order valence-electron chi connectivity index (χ2n) is 22.8. The van der Waals surface area contributed by atoms with Crippen molar-refractivity contribution in [3.8, 4) is 46.5 Å². The fourth-order valence-corrected chi connectivity index (χ4v) is 11.9. The third-order valence-electron chi connectivity index (χ3n) is 16.1. The van der Waals surface area contributed by atoms with E-state index in [1.807, 2.05) is 0 Å². The van der Waals surface area contributed by atoms with Crippen LogP contribution in [0.2, 0.25) is 0 Å². The Morgan fingerprint density at radius 2 is 1.67 bits per heavy atom. The molecule has 0 aliphatic carbocycles. The minimum absolute atomic E-state index is 0.0109. The first-order valence-corrected chi connectivity index (χ1v) is 27.9. The van der Waals surface area contributed by atoms with Crippen LogP contribution in [0, 0.1) is 41.0 Å². The van der Waals surface area contributed by atoms with Crippen LogP contribution in [-0.2, 0) is 19.1 Å². The number of aromatic hydroxyl groups is 1. The van der Waals surface area contributed by atoms with Crippen molar-refractivity contribution >= 4 is 45.2 Å². The SMILES string of the molecule is C#Cc1c(F)ccc2cc(O)cc(-c3ncc4c(N5CC6CCC(C5)N6)nc(OC[C@@H]5CCCN5CCCOCCC(=O)N[C@H](C(=O)N5C[C@H](O)C[C@H]5C(=O)N[C@@H](CO)c5ccc(-c6c(F)cccc6F)cc5)C(C)(C)C)nc4c3F)c12. The van der Waals surface area contributed by atoms with E-state index in [0.717, 1.165) is 44.4 Å². The highest BCUT2D eigenvalue weighted by atomic mass is 19.1. The maximum atomic E-state index is 17.1. The van der Waals surface area contributed by atoms with Gasteiger partial charge in [-0.05, 0) is 90.9 Å². The third kappa shape index (κ3) is 12.3. The number of carbonyl (C=O) groups is 3. The molecule has 17 nitrogen and oxygen atoms in total. The number of nitrogens with one attached hydrogen (secondary N) is 3. The van der Waals surface area contributed by atoms with Gasteiger partial charge in [0, 0.05) is 80.9 Å². The topological polar surface area (TPSA) is 215 Å². The second-order valence-corrected chi connectivity index (χ2v) is 22.8. The summed E-state index contributed by atoms with van der Waals surface area (Å²) in [7, 11) is 0. The maximum absolute atomic E-state index is 17.1. The number of carbonyl (C=O) groups excluding carboxylic acids is 3. The van der Waals surface area contributed by atoms with E-state index >= 15 is 8.78 Å². The van der Waals surface area contributed by atoms with Gasteiger partial charge in [-0.1, -0.05) is 63.1 Å². The van der Waals surface area contributed by atoms with Gasteiger partial charge in [-0.3, -0.25) is 24.3 Å². The number of ether oxygens (including phenoxy) is 2. The number of phenols is 1. The number of nitrogens with zero attached hydrogens (tertiary/aromatic N) is 6. The lowest BCUT2D eigenvalue weighted by atomic mass is 9.85. The first-order chi connectivity index (χ1) is 39.4. The predicted octanol–water partition coefficient (Wildman–Crippen LogP) is 6.68. The largest absolute Gasteiger partial charge is 0.508 e. The van der Waals surface area contributed by atoms with Crippen LogP contribution in [0.1, 0.15) is 82.9 Å². The zero-order chi connectivity index (χ0) is 58.0. The number of rotatable bonds is 19. The summed E-state index contributed by atoms with van der Waals surface area (Å²) in [5.41, 5.74) is -0.495. The molecule has 6 heterocycles. The number of β-amino-alcohol motifs (C(OH)–C–C–N with tert-alkyl or cyclic N) is 1. The number of halogens is 4. The van der Waals surface area contributed by atoms with Crippen LogP contribution < -0.4 is 25.6 Å². The number of aliphatic hydroxyl groups is 2. The summed E-state index contributed by atoms with van der Waals surface area (Å²) in [6, 6.07) is 12.3. The predicted molar refractivity (Wildman–Crippen MR) is 299 cm³/mol. The van der Waals surface area contributed by atoms with Gasteiger partial charge in [0.2, 0.25) is 17.7 Å². The summed E-state index contributed by atoms with van der Waals surface area (Å²) in [6.07, 6.45) is 10.5. The van der Waals surface area contributed by atoms with Gasteiger partial charge in [-0.15, -0.1) is 6.42 Å². The number of hydrogen-bond acceptors (Lipinski definition) is 14. The molecule has 2 unspecified atom stereocenters. The number of amides is 3. The van der Waals surface area contributed by atoms with E-state index in [1.54, 1.807) is 20.8 Å². The Morgan fingerprint density at radius 1 is 0.927 bits per heavy atom. The first kappa shape index (κ1) is 57.7. The number of aromatic nitrogens is 3. The van der Waals surface area contributed by atoms with E-state index in [2.05, 4.69) is 41.6 Å². The molecule has 2 bridgehead atoms. The van der Waals surface area contributed by atoms with Crippen LogP contribution in [0.5, 0.6) is 11.8 Å². The normalized spacial score (nSPS) is 20.8. The number of pyridine rings is 1. The minimum Gasteiger partial charge on any atom is -0.508 e. The van der Waals surface area contributed by atoms with Crippen LogP contribution >= 0.6 is 0 Å². The standard InChI is InChI=1S/C61H67F4N9O8/c1-5-42-45(62)19-16-36-25-40(76)26-43(51(36)42)54-53(65)55-44(28-66-54)57(73-29-37-17-18-38(30-73)67-37)71-60(70-55)82-33-39-9-7-21-72(39)22-8-23-81-24-20-50(78)69-56(61(2,3)4)59(80)74-31-41(77)27-49(74)58(79)68-48(32-75)34-12-14-35(15-13-34)52-46(63)10-6-11-47(52)64/h1,6,10-16,19,25-26,28,37-39,41,48-49,56,67,75-77H,7-9,17-18,20-24,27,29-33H2,2-4H3,(H,68,79)(H,69,78)/t37?,38?,39-,41+,48-,49-,56+/m0/s1. The van der Waals surface area contributed by atoms with Crippen LogP contribution in [0.4, 0.5) is 23.4 Å². The number of fused-ring (bicyclic) bond motifs is 4. The molecule has 3 amide bonds. The lowest BCUT2D eigenvalue weighted by Gasteiger charge is -2.35. The Hall–Kier alpha value is -7.48. The van der Waals surface area contributed by atoms with E-state index in [4.69, 9.17) is 20.9 Å². The van der Waals surface area contributed by atoms with E-state index in [0.29, 0.717) is 54.8 Å². The molecule has 0 spiro atoms. The van der Waals surface area contributed by atoms with Gasteiger partial charge in [0.25, 0.3) is 0 Å². The van der Waals surface area contributed by atoms with Crippen LogP contribution in [0.3, 0.4) is 0 Å². The Labute approximate surface area is 472 Å². The van der Waals surface area contributed by atoms with Crippen LogP contribution in [-0.4, -0.2) is 153 Å². The van der Waals surface area contributed by atoms with Crippen molar-refractivity contribution in [2.24, 2.45) is 5.41 Å². The summed E-state index contributed by atoms with van der Waals surface area (Å²) in [5, 5.41) is 42.0. The summed E-state index contributed by atoms with van der Waals surface area (Å²) in [6.45, 7) is 8.03. The summed E-state index contributed by atoms with van der Waals surface area (Å²) in [4.78, 5) is 61.2. The van der Waals surface area contributed by atoms with Crippen molar-refractivity contribution in [3.63, 3.8) is 0 Å². The minimum atomic E-state index is -1.12. The van der Waals surface area contributed by atoms with Gasteiger partial charge in [0.15, 0.2) is 5.82 Å². The van der Waals surface area contributed by atoms with Crippen molar-refractivity contribution in [2.75, 3.05) is 64.1 Å².